The largest absolute Gasteiger partial charge is 0.480 e. The van der Waals surface area contributed by atoms with Crippen molar-refractivity contribution in [2.75, 3.05) is 20.7 Å². The quantitative estimate of drug-likeness (QED) is 0.639. The normalized spacial score (nSPS) is 11.5. The lowest BCUT2D eigenvalue weighted by molar-refractivity contribution is -0.142. The summed E-state index contributed by atoms with van der Waals surface area (Å²) < 4.78 is 4.43. The van der Waals surface area contributed by atoms with E-state index in [0.29, 0.717) is 6.54 Å². The molecule has 0 aliphatic heterocycles. The van der Waals surface area contributed by atoms with Crippen molar-refractivity contribution in [3.8, 4) is 0 Å². The van der Waals surface area contributed by atoms with Gasteiger partial charge in [-0.05, 0) is 12.8 Å². The van der Waals surface area contributed by atoms with Gasteiger partial charge < -0.3 is 20.1 Å². The van der Waals surface area contributed by atoms with E-state index >= 15 is 0 Å². The Kier molecular flexibility index (Phi) is 8.32. The highest BCUT2D eigenvalue weighted by molar-refractivity contribution is 5.83. The van der Waals surface area contributed by atoms with Crippen LogP contribution in [0.1, 0.15) is 32.6 Å². The fraction of sp³-hybridized carbons (Fsp3) is 0.750. The molecule has 0 aromatic heterocycles. The minimum atomic E-state index is -1.17. The lowest BCUT2D eigenvalue weighted by atomic mass is 10.1. The molecule has 0 spiro atoms. The van der Waals surface area contributed by atoms with Crippen LogP contribution in [0.4, 0.5) is 4.79 Å². The van der Waals surface area contributed by atoms with Crippen molar-refractivity contribution in [1.82, 2.24) is 10.2 Å². The van der Waals surface area contributed by atoms with E-state index in [1.54, 1.807) is 7.05 Å². The molecule has 0 bridgehead atoms. The molecule has 2 amide bonds. The van der Waals surface area contributed by atoms with Crippen LogP contribution in [0.3, 0.4) is 0 Å². The molecule has 1 atom stereocenters. The Hall–Kier alpha value is -1.79. The summed E-state index contributed by atoms with van der Waals surface area (Å²) in [6.45, 7) is 2.56. The summed E-state index contributed by atoms with van der Waals surface area (Å²) in [4.78, 5) is 35.1. The summed E-state index contributed by atoms with van der Waals surface area (Å²) in [5.41, 5.74) is 0. The fourth-order valence-electron chi connectivity index (χ4n) is 1.38. The Balaban J connectivity index is 4.29. The molecule has 0 radical (unpaired) electrons. The maximum absolute atomic E-state index is 11.7. The number of aliphatic carboxylic acids is 1. The highest BCUT2D eigenvalue weighted by Gasteiger charge is 2.22. The topological polar surface area (TPSA) is 95.9 Å². The number of carboxylic acids is 1. The number of carbonyl (C=O) groups is 3. The summed E-state index contributed by atoms with van der Waals surface area (Å²) >= 11 is 0. The minimum Gasteiger partial charge on any atom is -0.480 e. The van der Waals surface area contributed by atoms with E-state index in [1.807, 2.05) is 6.92 Å². The number of urea groups is 1. The number of nitrogens with zero attached hydrogens (tertiary/aromatic N) is 1. The Morgan fingerprint density at radius 2 is 2.00 bits per heavy atom. The van der Waals surface area contributed by atoms with Crippen molar-refractivity contribution in [2.45, 2.75) is 38.6 Å². The first-order valence-corrected chi connectivity index (χ1v) is 6.23. The van der Waals surface area contributed by atoms with Crippen molar-refractivity contribution >= 4 is 18.0 Å². The standard InChI is InChI=1S/C12H22N2O5/c1-4-5-8-14(2)12(18)13-9(11(16)17)6-7-10(15)19-3/h9H,4-8H2,1-3H3,(H,13,18)(H,16,17)/t9-/m0/s1. The zero-order valence-corrected chi connectivity index (χ0v) is 11.6. The number of ether oxygens (including phenoxy) is 1. The molecule has 0 fully saturated rings. The van der Waals surface area contributed by atoms with Crippen molar-refractivity contribution in [3.05, 3.63) is 0 Å². The van der Waals surface area contributed by atoms with E-state index in [2.05, 4.69) is 10.1 Å². The Labute approximate surface area is 112 Å². The lowest BCUT2D eigenvalue weighted by Gasteiger charge is -2.21. The van der Waals surface area contributed by atoms with Crippen molar-refractivity contribution in [3.63, 3.8) is 0 Å². The van der Waals surface area contributed by atoms with E-state index in [1.165, 1.54) is 12.0 Å². The molecular weight excluding hydrogens is 252 g/mol. The first kappa shape index (κ1) is 17.2. The monoisotopic (exact) mass is 274 g/mol. The smallest absolute Gasteiger partial charge is 0.326 e. The number of carboxylic acid groups (broad SMARTS) is 1. The molecule has 110 valence electrons. The lowest BCUT2D eigenvalue weighted by Crippen LogP contribution is -2.47. The maximum atomic E-state index is 11.7. The van der Waals surface area contributed by atoms with Gasteiger partial charge in [-0.2, -0.15) is 0 Å². The van der Waals surface area contributed by atoms with E-state index in [9.17, 15) is 14.4 Å². The van der Waals surface area contributed by atoms with Crippen LogP contribution in [0.5, 0.6) is 0 Å². The summed E-state index contributed by atoms with van der Waals surface area (Å²) in [7, 11) is 2.83. The van der Waals surface area contributed by atoms with Crippen LogP contribution in [-0.4, -0.2) is 54.7 Å². The molecule has 0 heterocycles. The maximum Gasteiger partial charge on any atom is 0.326 e. The first-order valence-electron chi connectivity index (χ1n) is 6.23. The molecule has 0 aliphatic carbocycles. The number of nitrogens with one attached hydrogen (secondary N) is 1. The summed E-state index contributed by atoms with van der Waals surface area (Å²) in [6.07, 6.45) is 1.76. The molecular formula is C12H22N2O5. The SMILES string of the molecule is CCCCN(C)C(=O)N[C@@H](CCC(=O)OC)C(=O)O. The van der Waals surface area contributed by atoms with Crippen molar-refractivity contribution in [2.24, 2.45) is 0 Å². The van der Waals surface area contributed by atoms with Gasteiger partial charge in [0.2, 0.25) is 0 Å². The van der Waals surface area contributed by atoms with Gasteiger partial charge in [0.15, 0.2) is 0 Å². The molecule has 7 heteroatoms. The molecule has 7 nitrogen and oxygen atoms in total. The van der Waals surface area contributed by atoms with Crippen LogP contribution in [0.25, 0.3) is 0 Å². The molecule has 0 aromatic rings. The molecule has 0 saturated heterocycles. The molecule has 0 saturated carbocycles. The second-order valence-corrected chi connectivity index (χ2v) is 4.23. The zero-order chi connectivity index (χ0) is 14.8. The van der Waals surface area contributed by atoms with Crippen LogP contribution >= 0.6 is 0 Å². The molecule has 0 rings (SSSR count). The minimum absolute atomic E-state index is 0.00929. The fourth-order valence-corrected chi connectivity index (χ4v) is 1.38. The Morgan fingerprint density at radius 3 is 2.47 bits per heavy atom. The average Bonchev–Trinajstić information content (AvgIpc) is 2.39. The van der Waals surface area contributed by atoms with Crippen LogP contribution in [0.2, 0.25) is 0 Å². The molecule has 2 N–H and O–H groups in total. The third kappa shape index (κ3) is 7.28. The predicted octanol–water partition coefficient (Wildman–Crippen LogP) is 0.834. The van der Waals surface area contributed by atoms with Crippen LogP contribution in [0.15, 0.2) is 0 Å². The van der Waals surface area contributed by atoms with Gasteiger partial charge in [0, 0.05) is 20.0 Å². The summed E-state index contributed by atoms with van der Waals surface area (Å²) in [6, 6.07) is -1.54. The molecule has 19 heavy (non-hydrogen) atoms. The third-order valence-electron chi connectivity index (χ3n) is 2.65. The Bertz CT molecular complexity index is 319. The van der Waals surface area contributed by atoms with E-state index in [0.717, 1.165) is 12.8 Å². The number of amides is 2. The highest BCUT2D eigenvalue weighted by Crippen LogP contribution is 2.01. The van der Waals surface area contributed by atoms with Gasteiger partial charge in [0.05, 0.1) is 7.11 Å². The predicted molar refractivity (Wildman–Crippen MR) is 68.7 cm³/mol. The number of hydrogen-bond acceptors (Lipinski definition) is 4. The molecule has 0 unspecified atom stereocenters. The van der Waals surface area contributed by atoms with Gasteiger partial charge in [-0.1, -0.05) is 13.3 Å². The number of hydrogen-bond donors (Lipinski definition) is 2. The van der Waals surface area contributed by atoms with Crippen LogP contribution in [-0.2, 0) is 14.3 Å². The molecule has 0 aliphatic rings. The number of unbranched alkanes of at least 4 members (excludes halogenated alkanes) is 1. The van der Waals surface area contributed by atoms with E-state index < -0.39 is 24.0 Å². The second kappa shape index (κ2) is 9.18. The average molecular weight is 274 g/mol. The number of methoxy groups -OCH3 is 1. The van der Waals surface area contributed by atoms with Gasteiger partial charge in [0.25, 0.3) is 0 Å². The van der Waals surface area contributed by atoms with Gasteiger partial charge >= 0.3 is 18.0 Å². The van der Waals surface area contributed by atoms with Crippen LogP contribution in [0, 0.1) is 0 Å². The highest BCUT2D eigenvalue weighted by atomic mass is 16.5. The summed E-state index contributed by atoms with van der Waals surface area (Å²) in [5.74, 6) is -1.67. The first-order chi connectivity index (χ1) is 8.92. The van der Waals surface area contributed by atoms with Gasteiger partial charge in [-0.25, -0.2) is 9.59 Å². The second-order valence-electron chi connectivity index (χ2n) is 4.23. The third-order valence-corrected chi connectivity index (χ3v) is 2.65. The number of esters is 1. The van der Waals surface area contributed by atoms with Crippen molar-refractivity contribution < 1.29 is 24.2 Å². The van der Waals surface area contributed by atoms with Gasteiger partial charge in [-0.15, -0.1) is 0 Å². The Morgan fingerprint density at radius 1 is 1.37 bits per heavy atom. The van der Waals surface area contributed by atoms with Crippen LogP contribution < -0.4 is 5.32 Å². The zero-order valence-electron chi connectivity index (χ0n) is 11.6. The number of rotatable bonds is 8. The molecule has 0 aromatic carbocycles. The van der Waals surface area contributed by atoms with Gasteiger partial charge in [0.1, 0.15) is 6.04 Å². The number of carbonyl (C=O) groups excluding carboxylic acids is 2. The summed E-state index contributed by atoms with van der Waals surface area (Å²) in [5, 5.41) is 11.4. The van der Waals surface area contributed by atoms with E-state index in [4.69, 9.17) is 5.11 Å². The van der Waals surface area contributed by atoms with E-state index in [-0.39, 0.29) is 12.8 Å². The van der Waals surface area contributed by atoms with Crippen molar-refractivity contribution in [1.29, 1.82) is 0 Å². The van der Waals surface area contributed by atoms with Gasteiger partial charge in [-0.3, -0.25) is 4.79 Å².